The molecular formula is C21H26N2O4. The van der Waals surface area contributed by atoms with Gasteiger partial charge in [0.25, 0.3) is 5.91 Å². The number of esters is 1. The van der Waals surface area contributed by atoms with Gasteiger partial charge in [-0.2, -0.15) is 0 Å². The van der Waals surface area contributed by atoms with Crippen LogP contribution in [0.1, 0.15) is 26.3 Å². The van der Waals surface area contributed by atoms with Crippen molar-refractivity contribution in [1.29, 1.82) is 0 Å². The lowest BCUT2D eigenvalue weighted by atomic mass is 10.0. The average Bonchev–Trinajstić information content (AvgIpc) is 2.58. The van der Waals surface area contributed by atoms with Crippen molar-refractivity contribution in [2.24, 2.45) is 0 Å². The van der Waals surface area contributed by atoms with E-state index in [0.717, 1.165) is 16.3 Å². The van der Waals surface area contributed by atoms with Gasteiger partial charge >= 0.3 is 5.97 Å². The monoisotopic (exact) mass is 370 g/mol. The Labute approximate surface area is 159 Å². The Hall–Kier alpha value is -2.89. The van der Waals surface area contributed by atoms with Crippen LogP contribution in [0.2, 0.25) is 0 Å². The lowest BCUT2D eigenvalue weighted by Gasteiger charge is -2.23. The van der Waals surface area contributed by atoms with E-state index in [-0.39, 0.29) is 31.0 Å². The number of amides is 2. The van der Waals surface area contributed by atoms with Crippen LogP contribution in [0.25, 0.3) is 10.8 Å². The second-order valence-electron chi connectivity index (χ2n) is 7.52. The van der Waals surface area contributed by atoms with Gasteiger partial charge < -0.3 is 15.0 Å². The van der Waals surface area contributed by atoms with Crippen LogP contribution in [0.3, 0.4) is 0 Å². The van der Waals surface area contributed by atoms with E-state index in [2.05, 4.69) is 5.32 Å². The van der Waals surface area contributed by atoms with Crippen molar-refractivity contribution >= 4 is 28.6 Å². The number of hydrogen-bond acceptors (Lipinski definition) is 4. The third-order valence-electron chi connectivity index (χ3n) is 3.89. The molecule has 27 heavy (non-hydrogen) atoms. The smallest absolute Gasteiger partial charge is 0.310 e. The maximum Gasteiger partial charge on any atom is 0.310 e. The second-order valence-corrected chi connectivity index (χ2v) is 7.52. The number of carbonyl (C=O) groups excluding carboxylic acids is 3. The summed E-state index contributed by atoms with van der Waals surface area (Å²) in [6.45, 7) is 5.12. The first-order valence-electron chi connectivity index (χ1n) is 8.83. The molecule has 0 spiro atoms. The molecule has 2 aromatic rings. The maximum absolute atomic E-state index is 12.1. The van der Waals surface area contributed by atoms with E-state index < -0.39 is 11.9 Å². The first kappa shape index (κ1) is 20.4. The number of nitrogens with one attached hydrogen (secondary N) is 1. The molecule has 6 heteroatoms. The maximum atomic E-state index is 12.1. The van der Waals surface area contributed by atoms with Gasteiger partial charge in [0, 0.05) is 12.6 Å². The third-order valence-corrected chi connectivity index (χ3v) is 3.89. The number of nitrogens with zero attached hydrogens (tertiary/aromatic N) is 1. The lowest BCUT2D eigenvalue weighted by molar-refractivity contribution is -0.151. The highest BCUT2D eigenvalue weighted by atomic mass is 16.5. The first-order chi connectivity index (χ1) is 12.7. The zero-order valence-electron chi connectivity index (χ0n) is 16.2. The van der Waals surface area contributed by atoms with E-state index in [0.29, 0.717) is 0 Å². The molecule has 1 N–H and O–H groups in total. The molecule has 0 radical (unpaired) electrons. The van der Waals surface area contributed by atoms with Crippen LogP contribution >= 0.6 is 0 Å². The van der Waals surface area contributed by atoms with Gasteiger partial charge in [0.15, 0.2) is 6.61 Å². The summed E-state index contributed by atoms with van der Waals surface area (Å²) in [5.41, 5.74) is 0.481. The largest absolute Gasteiger partial charge is 0.455 e. The Morgan fingerprint density at radius 3 is 2.41 bits per heavy atom. The third kappa shape index (κ3) is 6.40. The van der Waals surface area contributed by atoms with Crippen LogP contribution in [0.5, 0.6) is 0 Å². The Balaban J connectivity index is 1.85. The number of fused-ring (bicyclic) bond motifs is 1. The summed E-state index contributed by atoms with van der Waals surface area (Å²) in [6.07, 6.45) is 0.0862. The van der Waals surface area contributed by atoms with Gasteiger partial charge in [-0.25, -0.2) is 0 Å². The minimum absolute atomic E-state index is 0.0862. The summed E-state index contributed by atoms with van der Waals surface area (Å²) in [4.78, 5) is 37.3. The van der Waals surface area contributed by atoms with E-state index in [1.54, 1.807) is 0 Å². The number of likely N-dealkylation sites (N-methyl/N-ethyl adjacent to an activating group) is 1. The Morgan fingerprint density at radius 1 is 1.04 bits per heavy atom. The van der Waals surface area contributed by atoms with E-state index in [1.807, 2.05) is 63.2 Å². The summed E-state index contributed by atoms with van der Waals surface area (Å²) >= 11 is 0. The molecule has 0 aromatic heterocycles. The van der Waals surface area contributed by atoms with E-state index in [4.69, 9.17) is 4.74 Å². The molecule has 0 aliphatic heterocycles. The van der Waals surface area contributed by atoms with Crippen LogP contribution < -0.4 is 5.32 Å². The number of carbonyl (C=O) groups is 3. The van der Waals surface area contributed by atoms with Gasteiger partial charge in [0.05, 0.1) is 13.0 Å². The predicted molar refractivity (Wildman–Crippen MR) is 104 cm³/mol. The fourth-order valence-corrected chi connectivity index (χ4v) is 2.67. The molecule has 0 aliphatic carbocycles. The highest BCUT2D eigenvalue weighted by molar-refractivity contribution is 5.90. The van der Waals surface area contributed by atoms with Crippen molar-refractivity contribution in [1.82, 2.24) is 10.2 Å². The van der Waals surface area contributed by atoms with Gasteiger partial charge in [-0.05, 0) is 37.1 Å². The molecule has 0 atom stereocenters. The molecule has 0 aliphatic rings. The van der Waals surface area contributed by atoms with Crippen molar-refractivity contribution in [2.45, 2.75) is 32.7 Å². The molecule has 6 nitrogen and oxygen atoms in total. The van der Waals surface area contributed by atoms with Gasteiger partial charge in [-0.3, -0.25) is 14.4 Å². The van der Waals surface area contributed by atoms with Gasteiger partial charge in [-0.15, -0.1) is 0 Å². The van der Waals surface area contributed by atoms with Gasteiger partial charge in [0.1, 0.15) is 0 Å². The van der Waals surface area contributed by atoms with Crippen LogP contribution in [0.15, 0.2) is 42.5 Å². The molecule has 144 valence electrons. The lowest BCUT2D eigenvalue weighted by Crippen LogP contribution is -2.46. The minimum atomic E-state index is -0.479. The van der Waals surface area contributed by atoms with Crippen LogP contribution in [0, 0.1) is 0 Å². The topological polar surface area (TPSA) is 75.7 Å². The predicted octanol–water partition coefficient (Wildman–Crippen LogP) is 2.30. The molecular weight excluding hydrogens is 344 g/mol. The zero-order valence-corrected chi connectivity index (χ0v) is 16.2. The van der Waals surface area contributed by atoms with Crippen molar-refractivity contribution in [3.63, 3.8) is 0 Å². The summed E-state index contributed by atoms with van der Waals surface area (Å²) in [5, 5.41) is 4.81. The quantitative estimate of drug-likeness (QED) is 0.792. The highest BCUT2D eigenvalue weighted by Crippen LogP contribution is 2.19. The normalized spacial score (nSPS) is 11.1. The van der Waals surface area contributed by atoms with E-state index in [1.165, 1.54) is 11.9 Å². The molecule has 0 saturated carbocycles. The first-order valence-corrected chi connectivity index (χ1v) is 8.83. The molecule has 2 amide bonds. The van der Waals surface area contributed by atoms with Gasteiger partial charge in [0.2, 0.25) is 5.91 Å². The summed E-state index contributed by atoms with van der Waals surface area (Å²) in [5.74, 6) is -1.17. The molecule has 0 unspecified atom stereocenters. The number of benzene rings is 2. The van der Waals surface area contributed by atoms with Crippen molar-refractivity contribution < 1.29 is 19.1 Å². The molecule has 0 bridgehead atoms. The zero-order chi connectivity index (χ0) is 20.0. The number of rotatable bonds is 6. The molecule has 2 aromatic carbocycles. The number of ether oxygens (including phenoxy) is 1. The highest BCUT2D eigenvalue weighted by Gasteiger charge is 2.19. The number of hydrogen-bond donors (Lipinski definition) is 1. The Kier molecular flexibility index (Phi) is 6.55. The van der Waals surface area contributed by atoms with Crippen molar-refractivity contribution in [3.05, 3.63) is 48.0 Å². The summed E-state index contributed by atoms with van der Waals surface area (Å²) in [6, 6.07) is 13.5. The van der Waals surface area contributed by atoms with Gasteiger partial charge in [-0.1, -0.05) is 42.5 Å². The van der Waals surface area contributed by atoms with Crippen molar-refractivity contribution in [3.8, 4) is 0 Å². The van der Waals surface area contributed by atoms with Crippen LogP contribution in [-0.4, -0.2) is 48.4 Å². The molecule has 0 heterocycles. The molecule has 2 rings (SSSR count). The summed E-state index contributed by atoms with van der Waals surface area (Å²) < 4.78 is 5.10. The standard InChI is InChI=1S/C21H26N2O4/c1-21(2,3)22-18(24)13-23(4)19(25)14-27-20(26)12-16-10-7-9-15-8-5-6-11-17(15)16/h5-11H,12-14H2,1-4H3,(H,22,24). The second kappa shape index (κ2) is 8.66. The molecule has 0 saturated heterocycles. The SMILES string of the molecule is CN(CC(=O)NC(C)(C)C)C(=O)COC(=O)Cc1cccc2ccccc12. The Morgan fingerprint density at radius 2 is 1.70 bits per heavy atom. The van der Waals surface area contributed by atoms with Crippen molar-refractivity contribution in [2.75, 3.05) is 20.2 Å². The fraction of sp³-hybridized carbons (Fsp3) is 0.381. The minimum Gasteiger partial charge on any atom is -0.455 e. The van der Waals surface area contributed by atoms with E-state index in [9.17, 15) is 14.4 Å². The molecule has 0 fully saturated rings. The summed E-state index contributed by atoms with van der Waals surface area (Å²) in [7, 11) is 1.50. The van der Waals surface area contributed by atoms with E-state index >= 15 is 0 Å². The average molecular weight is 370 g/mol. The van der Waals surface area contributed by atoms with Crippen LogP contribution in [-0.2, 0) is 25.5 Å². The van der Waals surface area contributed by atoms with Crippen LogP contribution in [0.4, 0.5) is 0 Å². The Bertz CT molecular complexity index is 834. The fourth-order valence-electron chi connectivity index (χ4n) is 2.67.